The molecule has 2 bridgehead atoms. The number of carbonyl (C=O) groups is 2. The topological polar surface area (TPSA) is 92.7 Å². The van der Waals surface area contributed by atoms with Crippen LogP contribution in [0.3, 0.4) is 0 Å². The fourth-order valence-corrected chi connectivity index (χ4v) is 5.59. The molecule has 34 heavy (non-hydrogen) atoms. The summed E-state index contributed by atoms with van der Waals surface area (Å²) >= 11 is 0. The third kappa shape index (κ3) is 4.95. The summed E-state index contributed by atoms with van der Waals surface area (Å²) in [6.45, 7) is 1.74. The second-order valence-electron chi connectivity index (χ2n) is 9.72. The van der Waals surface area contributed by atoms with Crippen molar-refractivity contribution in [3.63, 3.8) is 0 Å². The molecule has 0 spiro atoms. The Bertz CT molecular complexity index is 1090. The van der Waals surface area contributed by atoms with Crippen molar-refractivity contribution in [2.45, 2.75) is 57.0 Å². The van der Waals surface area contributed by atoms with Gasteiger partial charge in [0, 0.05) is 37.3 Å². The molecule has 8 heteroatoms. The number of rotatable bonds is 5. The van der Waals surface area contributed by atoms with Gasteiger partial charge in [-0.2, -0.15) is 0 Å². The molecule has 2 fully saturated rings. The molecule has 2 aromatic rings. The number of anilines is 1. The highest BCUT2D eigenvalue weighted by Crippen LogP contribution is 2.35. The van der Waals surface area contributed by atoms with Gasteiger partial charge in [0.2, 0.25) is 0 Å². The highest BCUT2D eigenvalue weighted by molar-refractivity contribution is 5.89. The van der Waals surface area contributed by atoms with Gasteiger partial charge in [-0.3, -0.25) is 9.59 Å². The first-order valence-electron chi connectivity index (χ1n) is 12.3. The Morgan fingerprint density at radius 1 is 0.971 bits per heavy atom. The summed E-state index contributed by atoms with van der Waals surface area (Å²) < 4.78 is 7.44. The number of pyridine rings is 1. The minimum atomic E-state index is -0.309. The van der Waals surface area contributed by atoms with E-state index >= 15 is 0 Å². The lowest BCUT2D eigenvalue weighted by Crippen LogP contribution is -2.50. The number of para-hydroxylation sites is 1. The van der Waals surface area contributed by atoms with Crippen LogP contribution in [-0.2, 0) is 11.3 Å². The number of amides is 3. The van der Waals surface area contributed by atoms with Crippen molar-refractivity contribution in [2.24, 2.45) is 5.92 Å². The highest BCUT2D eigenvalue weighted by Gasteiger charge is 2.36. The molecule has 0 radical (unpaired) electrons. The summed E-state index contributed by atoms with van der Waals surface area (Å²) in [5.41, 5.74) is 1.07. The number of hydrogen-bond donors (Lipinski definition) is 2. The molecule has 8 nitrogen and oxygen atoms in total. The van der Waals surface area contributed by atoms with Crippen LogP contribution in [0.2, 0.25) is 0 Å². The summed E-state index contributed by atoms with van der Waals surface area (Å²) in [4.78, 5) is 40.3. The monoisotopic (exact) mass is 464 g/mol. The van der Waals surface area contributed by atoms with E-state index in [1.54, 1.807) is 10.6 Å². The second-order valence-corrected chi connectivity index (χ2v) is 9.72. The third-order valence-corrected chi connectivity index (χ3v) is 7.25. The first-order valence-corrected chi connectivity index (χ1v) is 12.3. The predicted molar refractivity (Wildman–Crippen MR) is 129 cm³/mol. The van der Waals surface area contributed by atoms with E-state index in [1.165, 1.54) is 6.42 Å². The van der Waals surface area contributed by atoms with Crippen LogP contribution in [0, 0.1) is 5.92 Å². The summed E-state index contributed by atoms with van der Waals surface area (Å²) in [5, 5.41) is 5.77. The van der Waals surface area contributed by atoms with E-state index in [4.69, 9.17) is 4.74 Å². The minimum Gasteiger partial charge on any atom is -0.484 e. The lowest BCUT2D eigenvalue weighted by atomic mass is 9.83. The Morgan fingerprint density at radius 3 is 2.56 bits per heavy atom. The van der Waals surface area contributed by atoms with Crippen LogP contribution in [0.25, 0.3) is 0 Å². The van der Waals surface area contributed by atoms with Gasteiger partial charge in [0.15, 0.2) is 6.61 Å². The van der Waals surface area contributed by atoms with Crippen molar-refractivity contribution in [1.82, 2.24) is 14.8 Å². The maximum Gasteiger partial charge on any atom is 0.319 e. The maximum absolute atomic E-state index is 13.2. The molecular formula is C26H32N4O4. The number of benzene rings is 1. The zero-order chi connectivity index (χ0) is 23.5. The number of ether oxygens (including phenoxy) is 1. The van der Waals surface area contributed by atoms with E-state index in [0.29, 0.717) is 31.1 Å². The molecule has 1 aromatic carbocycles. The third-order valence-electron chi connectivity index (χ3n) is 7.25. The number of carbonyl (C=O) groups excluding carboxylic acids is 2. The van der Waals surface area contributed by atoms with Gasteiger partial charge >= 0.3 is 6.03 Å². The number of likely N-dealkylation sites (tertiary alicyclic amines) is 1. The Balaban J connectivity index is 1.23. The van der Waals surface area contributed by atoms with Gasteiger partial charge in [0.25, 0.3) is 11.5 Å². The van der Waals surface area contributed by atoms with E-state index in [-0.39, 0.29) is 42.0 Å². The largest absolute Gasteiger partial charge is 0.484 e. The molecule has 1 saturated carbocycles. The first kappa shape index (κ1) is 22.5. The molecule has 1 aliphatic carbocycles. The van der Waals surface area contributed by atoms with E-state index in [0.717, 1.165) is 37.8 Å². The van der Waals surface area contributed by atoms with Crippen molar-refractivity contribution in [3.05, 3.63) is 58.5 Å². The van der Waals surface area contributed by atoms with Crippen LogP contribution in [0.15, 0.2) is 47.3 Å². The van der Waals surface area contributed by atoms with Crippen molar-refractivity contribution in [1.29, 1.82) is 0 Å². The number of piperidine rings is 1. The normalized spacial score (nSPS) is 21.9. The van der Waals surface area contributed by atoms with Crippen molar-refractivity contribution < 1.29 is 14.3 Å². The SMILES string of the molecule is O=C(Nc1ccc2n(c1=O)C[C@H]1C[C@@H]2CN(C(=O)COc2ccccc2)C1)NC1CCCCC1. The molecule has 2 N–H and O–H groups in total. The predicted octanol–water partition coefficient (Wildman–Crippen LogP) is 3.33. The number of fused-ring (bicyclic) bond motifs is 4. The molecule has 1 aromatic heterocycles. The molecular weight excluding hydrogens is 432 g/mol. The zero-order valence-corrected chi connectivity index (χ0v) is 19.4. The molecule has 3 aliphatic rings. The van der Waals surface area contributed by atoms with Crippen molar-refractivity contribution in [3.8, 4) is 5.75 Å². The lowest BCUT2D eigenvalue weighted by Gasteiger charge is -2.42. The standard InChI is InChI=1S/C26H32N4O4/c31-24(17-34-21-9-5-2-6-10-21)29-14-18-13-19(16-29)23-12-11-22(25(32)30(23)15-18)28-26(33)27-20-7-3-1-4-8-20/h2,5-6,9-12,18-20H,1,3-4,7-8,13-17H2,(H2,27,28,33)/t18-,19+/m0/s1. The van der Waals surface area contributed by atoms with Crippen LogP contribution in [0.1, 0.15) is 50.1 Å². The molecule has 2 atom stereocenters. The smallest absolute Gasteiger partial charge is 0.319 e. The second kappa shape index (κ2) is 9.91. The average Bonchev–Trinajstić information content (AvgIpc) is 2.85. The van der Waals surface area contributed by atoms with Gasteiger partial charge in [-0.05, 0) is 49.4 Å². The Hall–Kier alpha value is -3.29. The van der Waals surface area contributed by atoms with E-state index in [2.05, 4.69) is 10.6 Å². The Morgan fingerprint density at radius 2 is 1.76 bits per heavy atom. The van der Waals surface area contributed by atoms with Crippen LogP contribution in [-0.4, -0.2) is 47.1 Å². The van der Waals surface area contributed by atoms with Gasteiger partial charge in [-0.1, -0.05) is 37.5 Å². The maximum atomic E-state index is 13.2. The molecule has 0 unspecified atom stereocenters. The zero-order valence-electron chi connectivity index (χ0n) is 19.4. The summed E-state index contributed by atoms with van der Waals surface area (Å²) in [6, 6.07) is 12.8. The van der Waals surface area contributed by atoms with Crippen molar-refractivity contribution in [2.75, 3.05) is 25.0 Å². The van der Waals surface area contributed by atoms with Gasteiger partial charge in [0.05, 0.1) is 0 Å². The van der Waals surface area contributed by atoms with Crippen LogP contribution >= 0.6 is 0 Å². The fraction of sp³-hybridized carbons (Fsp3) is 0.500. The lowest BCUT2D eigenvalue weighted by molar-refractivity contribution is -0.136. The Labute approximate surface area is 199 Å². The summed E-state index contributed by atoms with van der Waals surface area (Å²) in [7, 11) is 0. The first-order chi connectivity index (χ1) is 16.6. The summed E-state index contributed by atoms with van der Waals surface area (Å²) in [5.74, 6) is 0.950. The van der Waals surface area contributed by atoms with Gasteiger partial charge in [0.1, 0.15) is 11.4 Å². The molecule has 3 amide bonds. The Kier molecular flexibility index (Phi) is 6.56. The minimum absolute atomic E-state index is 0.00915. The number of nitrogens with zero attached hydrogens (tertiary/aromatic N) is 2. The van der Waals surface area contributed by atoms with Gasteiger partial charge in [-0.15, -0.1) is 0 Å². The van der Waals surface area contributed by atoms with Gasteiger partial charge in [-0.25, -0.2) is 4.79 Å². The van der Waals surface area contributed by atoms with Crippen LogP contribution in [0.4, 0.5) is 10.5 Å². The molecule has 5 rings (SSSR count). The molecule has 1 saturated heterocycles. The van der Waals surface area contributed by atoms with Crippen molar-refractivity contribution >= 4 is 17.6 Å². The highest BCUT2D eigenvalue weighted by atomic mass is 16.5. The molecule has 2 aliphatic heterocycles. The van der Waals surface area contributed by atoms with E-state index in [9.17, 15) is 14.4 Å². The van der Waals surface area contributed by atoms with Gasteiger partial charge < -0.3 is 24.8 Å². The quantitative estimate of drug-likeness (QED) is 0.710. The molecule has 3 heterocycles. The number of nitrogens with one attached hydrogen (secondary N) is 2. The average molecular weight is 465 g/mol. The number of urea groups is 1. The number of aromatic nitrogens is 1. The fourth-order valence-electron chi connectivity index (χ4n) is 5.59. The number of hydrogen-bond acceptors (Lipinski definition) is 4. The van der Waals surface area contributed by atoms with Crippen LogP contribution in [0.5, 0.6) is 5.75 Å². The van der Waals surface area contributed by atoms with E-state index in [1.807, 2.05) is 41.3 Å². The summed E-state index contributed by atoms with van der Waals surface area (Å²) in [6.07, 6.45) is 6.42. The molecule has 180 valence electrons. The van der Waals surface area contributed by atoms with Crippen LogP contribution < -0.4 is 20.9 Å². The van der Waals surface area contributed by atoms with E-state index < -0.39 is 0 Å².